The van der Waals surface area contributed by atoms with Gasteiger partial charge in [0, 0.05) is 5.56 Å². The topological polar surface area (TPSA) is 56.8 Å². The molecule has 0 aliphatic carbocycles. The fourth-order valence-corrected chi connectivity index (χ4v) is 2.33. The minimum Gasteiger partial charge on any atom is -0.497 e. The van der Waals surface area contributed by atoms with Gasteiger partial charge in [-0.3, -0.25) is 5.32 Å². The maximum atomic E-state index is 11.7. The van der Waals surface area contributed by atoms with Crippen LogP contribution in [0.5, 0.6) is 11.5 Å². The van der Waals surface area contributed by atoms with Crippen LogP contribution in [0.2, 0.25) is 0 Å². The first kappa shape index (κ1) is 17.7. The van der Waals surface area contributed by atoms with Crippen molar-refractivity contribution in [3.63, 3.8) is 0 Å². The average Bonchev–Trinajstić information content (AvgIpc) is 2.55. The van der Waals surface area contributed by atoms with Gasteiger partial charge >= 0.3 is 6.09 Å². The van der Waals surface area contributed by atoms with Crippen molar-refractivity contribution >= 4 is 11.8 Å². The fraction of sp³-hybridized carbons (Fsp3) is 0.316. The number of benzene rings is 2. The number of hydrogen-bond acceptors (Lipinski definition) is 4. The molecular formula is C19H23NO4. The zero-order chi connectivity index (χ0) is 17.5. The zero-order valence-corrected chi connectivity index (χ0v) is 14.5. The maximum absolute atomic E-state index is 11.7. The number of hydrogen-bond donors (Lipinski definition) is 1. The molecule has 0 saturated carbocycles. The van der Waals surface area contributed by atoms with E-state index in [1.54, 1.807) is 26.2 Å². The lowest BCUT2D eigenvalue weighted by Gasteiger charge is -2.15. The smallest absolute Gasteiger partial charge is 0.411 e. The van der Waals surface area contributed by atoms with Crippen molar-refractivity contribution in [2.45, 2.75) is 27.4 Å². The summed E-state index contributed by atoms with van der Waals surface area (Å²) < 4.78 is 16.1. The number of methoxy groups -OCH3 is 1. The van der Waals surface area contributed by atoms with E-state index < -0.39 is 6.09 Å². The summed E-state index contributed by atoms with van der Waals surface area (Å²) >= 11 is 0. The van der Waals surface area contributed by atoms with Gasteiger partial charge in [-0.25, -0.2) is 4.79 Å². The van der Waals surface area contributed by atoms with E-state index >= 15 is 0 Å². The largest absolute Gasteiger partial charge is 0.497 e. The van der Waals surface area contributed by atoms with Crippen molar-refractivity contribution in [1.29, 1.82) is 0 Å². The van der Waals surface area contributed by atoms with E-state index in [4.69, 9.17) is 14.2 Å². The van der Waals surface area contributed by atoms with Gasteiger partial charge < -0.3 is 14.2 Å². The summed E-state index contributed by atoms with van der Waals surface area (Å²) in [5.41, 5.74) is 3.70. The number of amides is 1. The molecule has 128 valence electrons. The second kappa shape index (κ2) is 8.24. The Balaban J connectivity index is 2.18. The molecule has 24 heavy (non-hydrogen) atoms. The van der Waals surface area contributed by atoms with Crippen LogP contribution in [0.15, 0.2) is 36.4 Å². The second-order valence-corrected chi connectivity index (χ2v) is 5.43. The number of carbonyl (C=O) groups is 1. The number of carbonyl (C=O) groups excluding carboxylic acids is 1. The zero-order valence-electron chi connectivity index (χ0n) is 14.5. The van der Waals surface area contributed by atoms with Gasteiger partial charge in [-0.05, 0) is 50.6 Å². The van der Waals surface area contributed by atoms with E-state index in [2.05, 4.69) is 11.4 Å². The Labute approximate surface area is 142 Å². The Morgan fingerprint density at radius 3 is 2.58 bits per heavy atom. The molecule has 1 N–H and O–H groups in total. The molecule has 0 saturated heterocycles. The van der Waals surface area contributed by atoms with Gasteiger partial charge in [0.2, 0.25) is 0 Å². The van der Waals surface area contributed by atoms with E-state index in [9.17, 15) is 4.79 Å². The molecule has 0 aromatic heterocycles. The second-order valence-electron chi connectivity index (χ2n) is 5.43. The van der Waals surface area contributed by atoms with Crippen LogP contribution >= 0.6 is 0 Å². The van der Waals surface area contributed by atoms with Crippen molar-refractivity contribution in [2.75, 3.05) is 19.0 Å². The Kier molecular flexibility index (Phi) is 6.07. The van der Waals surface area contributed by atoms with Gasteiger partial charge in [-0.2, -0.15) is 0 Å². The first-order valence-electron chi connectivity index (χ1n) is 7.84. The summed E-state index contributed by atoms with van der Waals surface area (Å²) in [7, 11) is 1.60. The molecule has 0 spiro atoms. The molecule has 0 aliphatic rings. The van der Waals surface area contributed by atoms with E-state index in [-0.39, 0.29) is 0 Å². The number of aryl methyl sites for hydroxylation is 2. The molecule has 2 rings (SSSR count). The summed E-state index contributed by atoms with van der Waals surface area (Å²) in [5.74, 6) is 1.51. The third kappa shape index (κ3) is 4.65. The van der Waals surface area contributed by atoms with E-state index in [0.29, 0.717) is 24.7 Å². The fourth-order valence-electron chi connectivity index (χ4n) is 2.33. The van der Waals surface area contributed by atoms with Gasteiger partial charge in [0.25, 0.3) is 0 Å². The van der Waals surface area contributed by atoms with Crippen molar-refractivity contribution in [1.82, 2.24) is 0 Å². The number of nitrogens with one attached hydrogen (secondary N) is 1. The number of anilines is 1. The molecule has 0 atom stereocenters. The Morgan fingerprint density at radius 1 is 1.12 bits per heavy atom. The van der Waals surface area contributed by atoms with Crippen LogP contribution in [0.4, 0.5) is 10.5 Å². The quantitative estimate of drug-likeness (QED) is 0.850. The van der Waals surface area contributed by atoms with Crippen LogP contribution in [-0.4, -0.2) is 19.8 Å². The molecule has 0 aliphatic heterocycles. The van der Waals surface area contributed by atoms with Crippen molar-refractivity contribution in [3.05, 3.63) is 53.1 Å². The lowest BCUT2D eigenvalue weighted by atomic mass is 10.1. The molecule has 0 heterocycles. The average molecular weight is 329 g/mol. The third-order valence-electron chi connectivity index (χ3n) is 3.54. The molecule has 0 radical (unpaired) electrons. The highest BCUT2D eigenvalue weighted by atomic mass is 16.5. The minimum absolute atomic E-state index is 0.308. The number of rotatable bonds is 6. The maximum Gasteiger partial charge on any atom is 0.411 e. The molecule has 5 heteroatoms. The van der Waals surface area contributed by atoms with Crippen molar-refractivity contribution < 1.29 is 19.0 Å². The molecule has 0 fully saturated rings. The van der Waals surface area contributed by atoms with Crippen molar-refractivity contribution in [2.24, 2.45) is 0 Å². The SMILES string of the molecule is CCOC(=O)Nc1ccc(OC)cc1COc1ccc(C)cc1C. The Hall–Kier alpha value is -2.69. The summed E-state index contributed by atoms with van der Waals surface area (Å²) in [6.07, 6.45) is -0.490. The lowest BCUT2D eigenvalue weighted by molar-refractivity contribution is 0.168. The van der Waals surface area contributed by atoms with Crippen LogP contribution in [0.3, 0.4) is 0 Å². The molecule has 0 bridgehead atoms. The summed E-state index contributed by atoms with van der Waals surface area (Å²) in [4.78, 5) is 11.7. The number of ether oxygens (including phenoxy) is 3. The molecule has 1 amide bonds. The Morgan fingerprint density at radius 2 is 1.92 bits per heavy atom. The monoisotopic (exact) mass is 329 g/mol. The van der Waals surface area contributed by atoms with Gasteiger partial charge in [-0.15, -0.1) is 0 Å². The van der Waals surface area contributed by atoms with Crippen LogP contribution < -0.4 is 14.8 Å². The molecule has 2 aromatic rings. The normalized spacial score (nSPS) is 10.2. The first-order valence-corrected chi connectivity index (χ1v) is 7.84. The summed E-state index contributed by atoms with van der Waals surface area (Å²) in [6, 6.07) is 11.4. The van der Waals surface area contributed by atoms with E-state index in [1.807, 2.05) is 32.0 Å². The predicted octanol–water partition coefficient (Wildman–Crippen LogP) is 4.46. The van der Waals surface area contributed by atoms with Crippen LogP contribution in [-0.2, 0) is 11.3 Å². The minimum atomic E-state index is -0.490. The molecule has 2 aromatic carbocycles. The van der Waals surface area contributed by atoms with Gasteiger partial charge in [0.1, 0.15) is 18.1 Å². The molecule has 0 unspecified atom stereocenters. The lowest BCUT2D eigenvalue weighted by Crippen LogP contribution is -2.15. The van der Waals surface area contributed by atoms with E-state index in [1.165, 1.54) is 5.56 Å². The summed E-state index contributed by atoms with van der Waals surface area (Å²) in [6.45, 7) is 6.43. The van der Waals surface area contributed by atoms with Gasteiger partial charge in [-0.1, -0.05) is 17.7 Å². The standard InChI is InChI=1S/C19H23NO4/c1-5-23-19(21)20-17-8-7-16(22-4)11-15(17)12-24-18-9-6-13(2)10-14(18)3/h6-11H,5,12H2,1-4H3,(H,20,21). The van der Waals surface area contributed by atoms with Gasteiger partial charge in [0.15, 0.2) is 0 Å². The highest BCUT2D eigenvalue weighted by Gasteiger charge is 2.10. The van der Waals surface area contributed by atoms with Crippen LogP contribution in [0, 0.1) is 13.8 Å². The van der Waals surface area contributed by atoms with E-state index in [0.717, 1.165) is 16.9 Å². The predicted molar refractivity (Wildman–Crippen MR) is 93.9 cm³/mol. The van der Waals surface area contributed by atoms with Gasteiger partial charge in [0.05, 0.1) is 19.4 Å². The van der Waals surface area contributed by atoms with Crippen LogP contribution in [0.25, 0.3) is 0 Å². The molecule has 5 nitrogen and oxygen atoms in total. The molecular weight excluding hydrogens is 306 g/mol. The first-order chi connectivity index (χ1) is 11.5. The summed E-state index contributed by atoms with van der Waals surface area (Å²) in [5, 5.41) is 2.73. The highest BCUT2D eigenvalue weighted by Crippen LogP contribution is 2.25. The van der Waals surface area contributed by atoms with Crippen LogP contribution in [0.1, 0.15) is 23.6 Å². The third-order valence-corrected chi connectivity index (χ3v) is 3.54. The highest BCUT2D eigenvalue weighted by molar-refractivity contribution is 5.85. The van der Waals surface area contributed by atoms with Crippen molar-refractivity contribution in [3.8, 4) is 11.5 Å². The Bertz CT molecular complexity index is 713.